The van der Waals surface area contributed by atoms with Gasteiger partial charge < -0.3 is 29.9 Å². The second-order valence-electron chi connectivity index (χ2n) is 13.1. The van der Waals surface area contributed by atoms with Crippen LogP contribution in [0.15, 0.2) is 24.3 Å². The number of esters is 2. The van der Waals surface area contributed by atoms with Crippen molar-refractivity contribution in [3.8, 4) is 0 Å². The Morgan fingerprint density at radius 1 is 0.674 bits per heavy atom. The summed E-state index contributed by atoms with van der Waals surface area (Å²) >= 11 is 0. The van der Waals surface area contributed by atoms with Gasteiger partial charge in [-0.3, -0.25) is 19.2 Å². The van der Waals surface area contributed by atoms with Crippen LogP contribution in [-0.2, 0) is 51.1 Å². The third-order valence-corrected chi connectivity index (χ3v) is 8.45. The normalized spacial score (nSPS) is 19.1. The topological polar surface area (TPSA) is 151 Å². The highest BCUT2D eigenvalue weighted by Crippen LogP contribution is 2.23. The van der Waals surface area contributed by atoms with Crippen molar-refractivity contribution >= 4 is 35.6 Å². The first-order valence-electron chi connectivity index (χ1n) is 16.3. The number of hydrogen-bond acceptors (Lipinski definition) is 8. The van der Waals surface area contributed by atoms with E-state index in [-0.39, 0.29) is 48.3 Å². The molecule has 254 valence electrons. The first-order chi connectivity index (χ1) is 21.8. The fourth-order valence-corrected chi connectivity index (χ4v) is 6.25. The molecular formula is C34H50N4O8. The largest absolute Gasteiger partial charge is 0.467 e. The molecule has 3 rings (SSSR count). The van der Waals surface area contributed by atoms with Crippen LogP contribution in [-0.4, -0.2) is 96.8 Å². The zero-order chi connectivity index (χ0) is 34.0. The van der Waals surface area contributed by atoms with Crippen LogP contribution < -0.4 is 10.6 Å². The number of nitrogens with one attached hydrogen (secondary N) is 2. The molecule has 2 N–H and O–H groups in total. The molecule has 0 spiro atoms. The van der Waals surface area contributed by atoms with E-state index in [1.54, 1.807) is 24.3 Å². The van der Waals surface area contributed by atoms with Crippen LogP contribution in [0.2, 0.25) is 0 Å². The van der Waals surface area contributed by atoms with Gasteiger partial charge >= 0.3 is 11.9 Å². The Bertz CT molecular complexity index is 1150. The SMILES string of the molecule is COC(=O)[C@@H]1CCCN1C(=O)[C@H](CC(C)C)NC(=O)Cc1ccc(CC(=O)N[C@@H](CC(C)C)C(=O)N2CCC[C@H]2C(=O)OC)cc1. The van der Waals surface area contributed by atoms with Crippen LogP contribution in [0.3, 0.4) is 0 Å². The molecule has 0 bridgehead atoms. The van der Waals surface area contributed by atoms with E-state index in [2.05, 4.69) is 10.6 Å². The van der Waals surface area contributed by atoms with Crippen LogP contribution in [0.1, 0.15) is 77.3 Å². The number of benzene rings is 1. The van der Waals surface area contributed by atoms with E-state index in [9.17, 15) is 28.8 Å². The number of methoxy groups -OCH3 is 2. The molecule has 2 fully saturated rings. The van der Waals surface area contributed by atoms with Gasteiger partial charge in [-0.15, -0.1) is 0 Å². The molecule has 2 heterocycles. The molecule has 1 aromatic rings. The summed E-state index contributed by atoms with van der Waals surface area (Å²) in [4.78, 5) is 80.2. The number of carbonyl (C=O) groups excluding carboxylic acids is 6. The molecule has 4 atom stereocenters. The summed E-state index contributed by atoms with van der Waals surface area (Å²) < 4.78 is 9.74. The predicted octanol–water partition coefficient (Wildman–Crippen LogP) is 2.16. The monoisotopic (exact) mass is 642 g/mol. The van der Waals surface area contributed by atoms with Gasteiger partial charge in [0.05, 0.1) is 27.1 Å². The molecule has 12 heteroatoms. The molecule has 0 aliphatic carbocycles. The number of hydrogen-bond donors (Lipinski definition) is 2. The maximum atomic E-state index is 13.4. The highest BCUT2D eigenvalue weighted by Gasteiger charge is 2.39. The Balaban J connectivity index is 1.59. The van der Waals surface area contributed by atoms with Crippen molar-refractivity contribution in [3.63, 3.8) is 0 Å². The molecular weight excluding hydrogens is 592 g/mol. The number of amides is 4. The zero-order valence-electron chi connectivity index (χ0n) is 28.0. The van der Waals surface area contributed by atoms with Gasteiger partial charge in [0.15, 0.2) is 0 Å². The summed E-state index contributed by atoms with van der Waals surface area (Å²) in [6.45, 7) is 8.75. The standard InChI is InChI=1S/C34H50N4O8/c1-21(2)17-25(31(41)37-15-7-9-27(37)33(43)45-5)35-29(39)19-23-11-13-24(14-12-23)20-30(40)36-26(18-22(3)4)32(42)38-16-8-10-28(38)34(44)46-6/h11-14,21-22,25-28H,7-10,15-20H2,1-6H3,(H,35,39)(H,36,40)/t25-,26-,27-,28-/m0/s1. The minimum atomic E-state index is -0.759. The lowest BCUT2D eigenvalue weighted by atomic mass is 10.0. The molecule has 0 saturated carbocycles. The molecule has 2 saturated heterocycles. The van der Waals surface area contributed by atoms with Crippen LogP contribution in [0.25, 0.3) is 0 Å². The second kappa shape index (κ2) is 17.1. The minimum Gasteiger partial charge on any atom is -0.467 e. The van der Waals surface area contributed by atoms with Crippen molar-refractivity contribution in [2.75, 3.05) is 27.3 Å². The smallest absolute Gasteiger partial charge is 0.328 e. The average Bonchev–Trinajstić information content (AvgIpc) is 3.70. The van der Waals surface area contributed by atoms with Gasteiger partial charge in [0.2, 0.25) is 23.6 Å². The third-order valence-electron chi connectivity index (χ3n) is 8.45. The maximum absolute atomic E-state index is 13.4. The summed E-state index contributed by atoms with van der Waals surface area (Å²) in [5, 5.41) is 5.74. The molecule has 0 radical (unpaired) electrons. The van der Waals surface area contributed by atoms with E-state index in [0.29, 0.717) is 62.7 Å². The van der Waals surface area contributed by atoms with Crippen LogP contribution in [0.5, 0.6) is 0 Å². The van der Waals surface area contributed by atoms with Crippen LogP contribution in [0.4, 0.5) is 0 Å². The van der Waals surface area contributed by atoms with Crippen molar-refractivity contribution in [2.24, 2.45) is 11.8 Å². The van der Waals surface area contributed by atoms with E-state index in [1.807, 2.05) is 27.7 Å². The van der Waals surface area contributed by atoms with Crippen molar-refractivity contribution in [1.82, 2.24) is 20.4 Å². The van der Waals surface area contributed by atoms with Gasteiger partial charge in [-0.2, -0.15) is 0 Å². The Morgan fingerprint density at radius 2 is 1.02 bits per heavy atom. The maximum Gasteiger partial charge on any atom is 0.328 e. The fraction of sp³-hybridized carbons (Fsp3) is 0.647. The summed E-state index contributed by atoms with van der Waals surface area (Å²) in [6, 6.07) is 4.26. The average molecular weight is 643 g/mol. The van der Waals surface area contributed by atoms with Gasteiger partial charge in [0.1, 0.15) is 24.2 Å². The van der Waals surface area contributed by atoms with Gasteiger partial charge in [-0.05, 0) is 61.5 Å². The number of rotatable bonds is 14. The van der Waals surface area contributed by atoms with E-state index in [4.69, 9.17) is 9.47 Å². The Hall–Kier alpha value is -3.96. The van der Waals surface area contributed by atoms with Crippen molar-refractivity contribution in [2.45, 2.75) is 103 Å². The van der Waals surface area contributed by atoms with E-state index >= 15 is 0 Å². The van der Waals surface area contributed by atoms with Crippen LogP contribution in [0, 0.1) is 11.8 Å². The number of likely N-dealkylation sites (tertiary alicyclic amines) is 2. The van der Waals surface area contributed by atoms with Gasteiger partial charge in [-0.1, -0.05) is 52.0 Å². The Morgan fingerprint density at radius 3 is 1.33 bits per heavy atom. The zero-order valence-corrected chi connectivity index (χ0v) is 28.0. The molecule has 4 amide bonds. The van der Waals surface area contributed by atoms with Gasteiger partial charge in [0.25, 0.3) is 0 Å². The Kier molecular flexibility index (Phi) is 13.6. The molecule has 0 aromatic heterocycles. The highest BCUT2D eigenvalue weighted by atomic mass is 16.5. The summed E-state index contributed by atoms with van der Waals surface area (Å²) in [5.74, 6) is -1.82. The van der Waals surface area contributed by atoms with E-state index in [1.165, 1.54) is 24.0 Å². The van der Waals surface area contributed by atoms with Crippen molar-refractivity contribution in [1.29, 1.82) is 0 Å². The fourth-order valence-electron chi connectivity index (χ4n) is 6.25. The second-order valence-corrected chi connectivity index (χ2v) is 13.1. The highest BCUT2D eigenvalue weighted by molar-refractivity contribution is 5.92. The lowest BCUT2D eigenvalue weighted by Crippen LogP contribution is -2.52. The number of carbonyl (C=O) groups is 6. The van der Waals surface area contributed by atoms with E-state index in [0.717, 1.165) is 0 Å². The van der Waals surface area contributed by atoms with E-state index < -0.39 is 36.1 Å². The summed E-state index contributed by atoms with van der Waals surface area (Å²) in [7, 11) is 2.61. The predicted molar refractivity (Wildman–Crippen MR) is 170 cm³/mol. The molecule has 2 aliphatic heterocycles. The first-order valence-corrected chi connectivity index (χ1v) is 16.3. The summed E-state index contributed by atoms with van der Waals surface area (Å²) in [6.07, 6.45) is 3.41. The molecule has 12 nitrogen and oxygen atoms in total. The van der Waals surface area contributed by atoms with Gasteiger partial charge in [0, 0.05) is 13.1 Å². The number of ether oxygens (including phenoxy) is 2. The molecule has 1 aromatic carbocycles. The quantitative estimate of drug-likeness (QED) is 0.293. The number of nitrogens with zero attached hydrogens (tertiary/aromatic N) is 2. The molecule has 46 heavy (non-hydrogen) atoms. The summed E-state index contributed by atoms with van der Waals surface area (Å²) in [5.41, 5.74) is 1.42. The molecule has 0 unspecified atom stereocenters. The van der Waals surface area contributed by atoms with Gasteiger partial charge in [-0.25, -0.2) is 9.59 Å². The lowest BCUT2D eigenvalue weighted by molar-refractivity contribution is -0.152. The van der Waals surface area contributed by atoms with Crippen LogP contribution >= 0.6 is 0 Å². The first kappa shape index (κ1) is 36.5. The van der Waals surface area contributed by atoms with Crippen molar-refractivity contribution < 1.29 is 38.2 Å². The minimum absolute atomic E-state index is 0.0386. The van der Waals surface area contributed by atoms with Crippen molar-refractivity contribution in [3.05, 3.63) is 35.4 Å². The Labute approximate surface area is 271 Å². The lowest BCUT2D eigenvalue weighted by Gasteiger charge is -2.29. The third kappa shape index (κ3) is 10.0. The molecule has 2 aliphatic rings.